The highest BCUT2D eigenvalue weighted by Crippen LogP contribution is 2.56. The van der Waals surface area contributed by atoms with Gasteiger partial charge in [0.05, 0.1) is 10.8 Å². The molecule has 0 saturated heterocycles. The molecule has 0 radical (unpaired) electrons. The van der Waals surface area contributed by atoms with E-state index in [2.05, 4.69) is 238 Å². The first-order valence-electron chi connectivity index (χ1n) is 25.3. The molecule has 5 aromatic rings. The summed E-state index contributed by atoms with van der Waals surface area (Å²) in [6.07, 6.45) is 27.1. The van der Waals surface area contributed by atoms with Crippen LogP contribution >= 0.6 is 31.9 Å². The molecule has 0 atom stereocenters. The Hall–Kier alpha value is -5.04. The van der Waals surface area contributed by atoms with Gasteiger partial charge in [-0.1, -0.05) is 143 Å². The first kappa shape index (κ1) is 45.4. The van der Waals surface area contributed by atoms with Crippen molar-refractivity contribution in [1.82, 2.24) is 0 Å². The molecule has 0 bridgehead atoms. The van der Waals surface area contributed by atoms with E-state index in [0.29, 0.717) is 0 Å². The van der Waals surface area contributed by atoms with Gasteiger partial charge in [-0.15, -0.1) is 0 Å². The average Bonchev–Trinajstić information content (AvgIpc) is 3.87. The molecular formula is C62H66Br2N4+2. The van der Waals surface area contributed by atoms with Gasteiger partial charge in [0.2, 0.25) is 11.4 Å². The normalized spacial score (nSPS) is 21.9. The van der Waals surface area contributed by atoms with Crippen LogP contribution in [-0.2, 0) is 34.7 Å². The summed E-state index contributed by atoms with van der Waals surface area (Å²) >= 11 is 7.65. The molecule has 68 heavy (non-hydrogen) atoms. The van der Waals surface area contributed by atoms with Gasteiger partial charge in [-0.05, 0) is 113 Å². The highest BCUT2D eigenvalue weighted by atomic mass is 79.9. The minimum Gasteiger partial charge on any atom is -0.347 e. The van der Waals surface area contributed by atoms with Crippen molar-refractivity contribution in [3.05, 3.63) is 199 Å². The van der Waals surface area contributed by atoms with E-state index in [4.69, 9.17) is 0 Å². The van der Waals surface area contributed by atoms with Crippen molar-refractivity contribution in [1.29, 1.82) is 0 Å². The third kappa shape index (κ3) is 7.33. The number of nitrogens with zero attached hydrogens (tertiary/aromatic N) is 4. The number of fused-ring (bicyclic) bond motifs is 6. The molecule has 6 heteroatoms. The van der Waals surface area contributed by atoms with Crippen LogP contribution in [0, 0.1) is 0 Å². The largest absolute Gasteiger partial charge is 0.347 e. The summed E-state index contributed by atoms with van der Waals surface area (Å²) in [4.78, 5) is 4.94. The van der Waals surface area contributed by atoms with E-state index >= 15 is 0 Å². The van der Waals surface area contributed by atoms with Gasteiger partial charge in [-0.3, -0.25) is 0 Å². The first-order chi connectivity index (χ1) is 32.8. The van der Waals surface area contributed by atoms with E-state index in [0.717, 1.165) is 22.0 Å². The quantitative estimate of drug-likeness (QED) is 0.144. The van der Waals surface area contributed by atoms with Crippen molar-refractivity contribution in [2.45, 2.75) is 127 Å². The summed E-state index contributed by atoms with van der Waals surface area (Å²) in [5.41, 5.74) is 19.1. The number of allylic oxidation sites excluding steroid dienone is 8. The maximum atomic E-state index is 3.83. The van der Waals surface area contributed by atoms with Gasteiger partial charge in [0.15, 0.2) is 24.5 Å². The molecule has 11 rings (SSSR count). The van der Waals surface area contributed by atoms with E-state index < -0.39 is 0 Å². The Morgan fingerprint density at radius 3 is 1.26 bits per heavy atom. The fourth-order valence-corrected chi connectivity index (χ4v) is 14.4. The van der Waals surface area contributed by atoms with E-state index in [1.807, 2.05) is 0 Å². The lowest BCUT2D eigenvalue weighted by Gasteiger charge is -2.36. The lowest BCUT2D eigenvalue weighted by atomic mass is 9.68. The van der Waals surface area contributed by atoms with Crippen LogP contribution in [0.3, 0.4) is 0 Å². The number of para-hydroxylation sites is 2. The number of anilines is 2. The molecule has 0 N–H and O–H groups in total. The fraction of sp³-hybridized carbons (Fsp3) is 0.355. The van der Waals surface area contributed by atoms with Gasteiger partial charge in [0, 0.05) is 103 Å². The monoisotopic (exact) mass is 1020 g/mol. The molecule has 4 nitrogen and oxygen atoms in total. The Labute approximate surface area is 422 Å². The molecule has 346 valence electrons. The van der Waals surface area contributed by atoms with Crippen molar-refractivity contribution in [3.63, 3.8) is 0 Å². The molecule has 0 amide bonds. The van der Waals surface area contributed by atoms with Crippen LogP contribution in [0.1, 0.15) is 125 Å². The van der Waals surface area contributed by atoms with Crippen molar-refractivity contribution in [2.24, 2.45) is 0 Å². The van der Waals surface area contributed by atoms with Crippen LogP contribution < -0.4 is 9.80 Å². The SMILES string of the molecule is CN1/C(=C/C=C/C2=[N+](Cc3ccc(C[N+]4=C(/C=C/C=C5/N(C)c6ccccc6C56CCCCC6)C(C)(C)c5cc(Br)ccc54)cc3)c3ccc(Br)cc3C2(C)C)C2(CCCCC2)c2ccccc21. The molecule has 0 aromatic heterocycles. The third-order valence-corrected chi connectivity index (χ3v) is 18.1. The molecule has 2 aliphatic carbocycles. The summed E-state index contributed by atoms with van der Waals surface area (Å²) in [5.74, 6) is 0. The Morgan fingerprint density at radius 2 is 0.868 bits per heavy atom. The van der Waals surface area contributed by atoms with Gasteiger partial charge in [0.25, 0.3) is 0 Å². The first-order valence-corrected chi connectivity index (χ1v) is 26.8. The minimum atomic E-state index is -0.171. The summed E-state index contributed by atoms with van der Waals surface area (Å²) in [5, 5.41) is 0. The van der Waals surface area contributed by atoms with Crippen LogP contribution in [0.2, 0.25) is 0 Å². The highest BCUT2D eigenvalue weighted by Gasteiger charge is 2.49. The molecule has 0 unspecified atom stereocenters. The van der Waals surface area contributed by atoms with Gasteiger partial charge in [-0.25, -0.2) is 0 Å². The summed E-state index contributed by atoms with van der Waals surface area (Å²) < 4.78 is 7.37. The molecule has 5 aromatic carbocycles. The lowest BCUT2D eigenvalue weighted by Crippen LogP contribution is -2.32. The predicted molar refractivity (Wildman–Crippen MR) is 292 cm³/mol. The van der Waals surface area contributed by atoms with Crippen molar-refractivity contribution < 1.29 is 9.15 Å². The van der Waals surface area contributed by atoms with Crippen molar-refractivity contribution >= 4 is 66.0 Å². The van der Waals surface area contributed by atoms with Crippen LogP contribution in [0.4, 0.5) is 22.7 Å². The van der Waals surface area contributed by atoms with E-state index in [9.17, 15) is 0 Å². The number of halogens is 2. The lowest BCUT2D eigenvalue weighted by molar-refractivity contribution is -0.455. The third-order valence-electron chi connectivity index (χ3n) is 17.1. The zero-order valence-electron chi connectivity index (χ0n) is 40.9. The Kier molecular flexibility index (Phi) is 11.6. The Morgan fingerprint density at radius 1 is 0.485 bits per heavy atom. The smallest absolute Gasteiger partial charge is 0.210 e. The Balaban J connectivity index is 0.915. The topological polar surface area (TPSA) is 12.5 Å². The number of hydrogen-bond acceptors (Lipinski definition) is 2. The van der Waals surface area contributed by atoms with Crippen LogP contribution in [0.25, 0.3) is 0 Å². The molecule has 4 aliphatic heterocycles. The zero-order valence-corrected chi connectivity index (χ0v) is 44.1. The standard InChI is InChI=1S/C62H66Br2N4/c1-59(2)49-39-45(63)31-33-53(49)67(55(59)23-17-25-57-61(35-13-7-14-36-61)47-19-9-11-21-51(47)65(57)5)41-43-27-29-44(30-28-43)42-68-54-34-32-46(64)40-50(54)60(3,4)56(68)24-18-26-58-62(37-15-8-16-38-62)48-20-10-12-22-52(48)66(58)6/h9-12,17-34,39-40H,7-8,13-16,35-38,41-42H2,1-6H3/q+2. The maximum absolute atomic E-state index is 3.83. The number of benzene rings is 5. The fourth-order valence-electron chi connectivity index (χ4n) is 13.6. The van der Waals surface area contributed by atoms with Crippen molar-refractivity contribution in [2.75, 3.05) is 23.9 Å². The second-order valence-corrected chi connectivity index (χ2v) is 23.4. The summed E-state index contributed by atoms with van der Waals surface area (Å²) in [6, 6.07) is 41.3. The minimum absolute atomic E-state index is 0.104. The summed E-state index contributed by atoms with van der Waals surface area (Å²) in [6.45, 7) is 11.2. The van der Waals surface area contributed by atoms with Gasteiger partial charge in [0.1, 0.15) is 0 Å². The van der Waals surface area contributed by atoms with Crippen LogP contribution in [0.5, 0.6) is 0 Å². The summed E-state index contributed by atoms with van der Waals surface area (Å²) in [7, 11) is 4.54. The molecule has 2 spiro atoms. The van der Waals surface area contributed by atoms with E-state index in [1.54, 1.807) is 0 Å². The molecule has 2 saturated carbocycles. The van der Waals surface area contributed by atoms with Gasteiger partial charge < -0.3 is 9.80 Å². The van der Waals surface area contributed by atoms with Gasteiger partial charge in [-0.2, -0.15) is 9.15 Å². The molecule has 4 heterocycles. The molecular weight excluding hydrogens is 961 g/mol. The highest BCUT2D eigenvalue weighted by molar-refractivity contribution is 9.10. The second kappa shape index (κ2) is 17.4. The number of hydrogen-bond donors (Lipinski definition) is 0. The van der Waals surface area contributed by atoms with Crippen LogP contribution in [0.15, 0.2) is 166 Å². The average molecular weight is 1030 g/mol. The zero-order chi connectivity index (χ0) is 47.0. The van der Waals surface area contributed by atoms with Gasteiger partial charge >= 0.3 is 0 Å². The molecule has 2 fully saturated rings. The van der Waals surface area contributed by atoms with Crippen LogP contribution in [-0.4, -0.2) is 34.7 Å². The van der Waals surface area contributed by atoms with E-state index in [-0.39, 0.29) is 21.7 Å². The predicted octanol–water partition coefficient (Wildman–Crippen LogP) is 15.9. The number of likely N-dealkylation sites (N-methyl/N-ethyl adjacent to an activating group) is 2. The van der Waals surface area contributed by atoms with Crippen molar-refractivity contribution in [3.8, 4) is 0 Å². The Bertz CT molecular complexity index is 2810. The second-order valence-electron chi connectivity index (χ2n) is 21.6. The maximum Gasteiger partial charge on any atom is 0.210 e. The van der Waals surface area contributed by atoms with E-state index in [1.165, 1.54) is 143 Å². The molecule has 6 aliphatic rings. The number of rotatable bonds is 8.